The van der Waals surface area contributed by atoms with E-state index < -0.39 is 0 Å². The van der Waals surface area contributed by atoms with Gasteiger partial charge in [-0.05, 0) is 72.0 Å². The van der Waals surface area contributed by atoms with Crippen LogP contribution in [0.25, 0.3) is 67.1 Å². The fraction of sp³-hybridized carbons (Fsp3) is 0. The van der Waals surface area contributed by atoms with Gasteiger partial charge in [-0.1, -0.05) is 66.0 Å². The summed E-state index contributed by atoms with van der Waals surface area (Å²) < 4.78 is 21.9. The Kier molecular flexibility index (Phi) is 5.84. The maximum atomic E-state index is 6.57. The van der Waals surface area contributed by atoms with Crippen molar-refractivity contribution in [1.82, 2.24) is 27.9 Å². The summed E-state index contributed by atoms with van der Waals surface area (Å²) in [5.74, 6) is 4.38. The van der Waals surface area contributed by atoms with E-state index in [1.54, 1.807) is 0 Å². The van der Waals surface area contributed by atoms with Crippen LogP contribution in [0.5, 0.6) is 23.0 Å². The zero-order valence-electron chi connectivity index (χ0n) is 28.0. The molecular weight excluding hydrogens is 854 g/mol. The first-order chi connectivity index (χ1) is 26.3. The van der Waals surface area contributed by atoms with E-state index in [9.17, 15) is 0 Å². The Morgan fingerprint density at radius 2 is 0.833 bits per heavy atom. The van der Waals surface area contributed by atoms with Crippen LogP contribution in [0.2, 0.25) is 0 Å². The molecule has 11 aromatic rings. The Bertz CT molecular complexity index is 3170. The van der Waals surface area contributed by atoms with Gasteiger partial charge in [-0.3, -0.25) is 8.80 Å². The third kappa shape index (κ3) is 3.76. The molecule has 0 aliphatic carbocycles. The van der Waals surface area contributed by atoms with Gasteiger partial charge in [0.05, 0.1) is 44.1 Å². The van der Waals surface area contributed by atoms with Crippen molar-refractivity contribution in [2.24, 2.45) is 0 Å². The molecule has 13 rings (SSSR count). The normalized spacial score (nSPS) is 12.9. The zero-order valence-corrected chi connectivity index (χ0v) is 30.3. The Morgan fingerprint density at radius 3 is 1.31 bits per heavy atom. The van der Waals surface area contributed by atoms with E-state index in [-0.39, 0.29) is 21.1 Å². The van der Waals surface area contributed by atoms with E-state index in [1.165, 1.54) is 0 Å². The van der Waals surface area contributed by atoms with Crippen LogP contribution in [-0.4, -0.2) is 27.9 Å². The molecule has 54 heavy (non-hydrogen) atoms. The van der Waals surface area contributed by atoms with Gasteiger partial charge in [-0.25, -0.2) is 9.97 Å². The van der Waals surface area contributed by atoms with E-state index in [4.69, 9.17) is 19.4 Å². The molecule has 6 heterocycles. The molecule has 0 fully saturated rings. The van der Waals surface area contributed by atoms with Gasteiger partial charge >= 0.3 is 21.1 Å². The van der Waals surface area contributed by atoms with Gasteiger partial charge in [-0.2, -0.15) is 0 Å². The molecule has 4 aromatic heterocycles. The monoisotopic (exact) mass is 876 g/mol. The predicted octanol–water partition coefficient (Wildman–Crippen LogP) is 10.5. The minimum atomic E-state index is 0. The topological polar surface area (TPSA) is 66.2 Å². The molecular formula is C44H23N7O2Pt. The zero-order chi connectivity index (χ0) is 34.4. The number of hydrogen-bond acceptors (Lipinski definition) is 5. The van der Waals surface area contributed by atoms with Gasteiger partial charge < -0.3 is 23.5 Å². The summed E-state index contributed by atoms with van der Waals surface area (Å²) in [4.78, 5) is 12.4. The summed E-state index contributed by atoms with van der Waals surface area (Å²) in [7, 11) is 0. The largest absolute Gasteiger partial charge is 2.00 e. The van der Waals surface area contributed by atoms with Gasteiger partial charge in [0.1, 0.15) is 17.2 Å². The van der Waals surface area contributed by atoms with Crippen molar-refractivity contribution < 1.29 is 30.5 Å². The minimum absolute atomic E-state index is 0. The summed E-state index contributed by atoms with van der Waals surface area (Å²) in [6.07, 6.45) is 0. The van der Waals surface area contributed by atoms with Crippen LogP contribution >= 0.6 is 0 Å². The van der Waals surface area contributed by atoms with E-state index >= 15 is 0 Å². The Labute approximate surface area is 320 Å². The average molecular weight is 877 g/mol. The molecule has 0 spiro atoms. The Hall–Kier alpha value is -6.83. The van der Waals surface area contributed by atoms with Crippen LogP contribution in [-0.2, 0) is 21.1 Å². The number of fused-ring (bicyclic) bond motifs is 14. The molecule has 256 valence electrons. The van der Waals surface area contributed by atoms with Crippen LogP contribution < -0.4 is 14.4 Å². The molecule has 0 atom stereocenters. The van der Waals surface area contributed by atoms with Crippen LogP contribution in [0.3, 0.4) is 0 Å². The quantitative estimate of drug-likeness (QED) is 0.162. The van der Waals surface area contributed by atoms with Crippen molar-refractivity contribution in [3.63, 3.8) is 0 Å². The number of anilines is 3. The fourth-order valence-corrected chi connectivity index (χ4v) is 8.31. The minimum Gasteiger partial charge on any atom is -0.512 e. The molecule has 0 bridgehead atoms. The molecule has 0 saturated heterocycles. The van der Waals surface area contributed by atoms with Crippen LogP contribution in [0.4, 0.5) is 17.1 Å². The van der Waals surface area contributed by atoms with Crippen molar-refractivity contribution >= 4 is 72.8 Å². The van der Waals surface area contributed by atoms with Crippen molar-refractivity contribution in [3.8, 4) is 34.4 Å². The van der Waals surface area contributed by atoms with Crippen LogP contribution in [0.15, 0.2) is 140 Å². The number of imidazole rings is 4. The first-order valence-corrected chi connectivity index (χ1v) is 17.4. The molecule has 2 aliphatic rings. The molecule has 2 aliphatic heterocycles. The number of rotatable bonds is 2. The summed E-state index contributed by atoms with van der Waals surface area (Å²) in [6.45, 7) is 0. The van der Waals surface area contributed by atoms with Gasteiger partial charge in [0.2, 0.25) is 11.6 Å². The summed E-state index contributed by atoms with van der Waals surface area (Å²) >= 11 is 0. The van der Waals surface area contributed by atoms with Crippen molar-refractivity contribution in [2.45, 2.75) is 0 Å². The molecule has 0 radical (unpaired) electrons. The molecule has 0 amide bonds. The average Bonchev–Trinajstić information content (AvgIpc) is 3.94. The van der Waals surface area contributed by atoms with E-state index in [0.717, 1.165) is 84.1 Å². The molecule has 0 N–H and O–H groups in total. The third-order valence-electron chi connectivity index (χ3n) is 10.5. The van der Waals surface area contributed by atoms with E-state index in [2.05, 4.69) is 120 Å². The molecule has 0 unspecified atom stereocenters. The number of aromatic nitrogens is 6. The first kappa shape index (κ1) is 29.7. The van der Waals surface area contributed by atoms with E-state index in [1.807, 2.05) is 54.6 Å². The second kappa shape index (κ2) is 10.6. The SMILES string of the molecule is [Pt+2].[c-]1c(-n2c3ccccc3n3c4ccccc4nc23)ccc2c1N1c3[c-]c(-n4c5ccccc5n5c6ccccc6nc45)ccc3Oc3cccc(c31)O2. The van der Waals surface area contributed by atoms with Gasteiger partial charge in [0.25, 0.3) is 0 Å². The van der Waals surface area contributed by atoms with E-state index in [0.29, 0.717) is 23.0 Å². The maximum Gasteiger partial charge on any atom is 2.00 e. The first-order valence-electron chi connectivity index (χ1n) is 17.4. The summed E-state index contributed by atoms with van der Waals surface area (Å²) in [5.41, 5.74) is 12.1. The van der Waals surface area contributed by atoms with Crippen molar-refractivity contribution in [2.75, 3.05) is 4.90 Å². The Balaban J connectivity index is 0.00000325. The third-order valence-corrected chi connectivity index (χ3v) is 10.5. The summed E-state index contributed by atoms with van der Waals surface area (Å²) in [6, 6.07) is 54.8. The summed E-state index contributed by atoms with van der Waals surface area (Å²) in [5, 5.41) is 0. The molecule has 7 aromatic carbocycles. The Morgan fingerprint density at radius 1 is 0.407 bits per heavy atom. The van der Waals surface area contributed by atoms with Gasteiger partial charge in [0, 0.05) is 11.5 Å². The van der Waals surface area contributed by atoms with Gasteiger partial charge in [-0.15, -0.1) is 36.4 Å². The number of benzene rings is 7. The van der Waals surface area contributed by atoms with Crippen LogP contribution in [0, 0.1) is 12.1 Å². The second-order valence-electron chi connectivity index (χ2n) is 13.4. The predicted molar refractivity (Wildman–Crippen MR) is 205 cm³/mol. The number of nitrogens with zero attached hydrogens (tertiary/aromatic N) is 7. The molecule has 0 saturated carbocycles. The van der Waals surface area contributed by atoms with Gasteiger partial charge in [0.15, 0.2) is 0 Å². The smallest absolute Gasteiger partial charge is 0.512 e. The van der Waals surface area contributed by atoms with Crippen molar-refractivity contribution in [1.29, 1.82) is 0 Å². The molecule has 10 heteroatoms. The van der Waals surface area contributed by atoms with Crippen LogP contribution in [0.1, 0.15) is 0 Å². The maximum absolute atomic E-state index is 6.57. The number of hydrogen-bond donors (Lipinski definition) is 0. The number of ether oxygens (including phenoxy) is 2. The second-order valence-corrected chi connectivity index (χ2v) is 13.4. The number of para-hydroxylation sites is 9. The standard InChI is InChI=1S/C44H23N7O2.Pt/c1-3-12-30-28(10-1)45-43-47(32-14-5-7-16-34(32)50(30)43)26-20-22-38-36(24-26)49-37-25-27(21-23-39(37)53-41-19-9-18-40(52-38)42(41)49)48-33-15-6-8-17-35(33)51-31-13-4-2-11-29(31)46-44(48)51;/h1-23H;/q-2;+2. The van der Waals surface area contributed by atoms with Crippen molar-refractivity contribution in [3.05, 3.63) is 152 Å². The molecule has 9 nitrogen and oxygen atoms in total. The fourth-order valence-electron chi connectivity index (χ4n) is 8.31.